The standard InChI is InChI=1S/C27H37N3O7S/c1-6-36-23(33)20-17-9-7-8-10-18(17)38-22(20)28-21(32)16(3)37-19(31)13-30-24(34)27(29-25(30)35)12-15(2)11-26(4,5)14-27/h15-16H,6-14H2,1-5H3,(H,28,32)(H,29,35)/t15-,16-,27-/m1/s1. The van der Waals surface area contributed by atoms with Crippen molar-refractivity contribution in [2.24, 2.45) is 11.3 Å². The molecule has 10 nitrogen and oxygen atoms in total. The molecular weight excluding hydrogens is 510 g/mol. The van der Waals surface area contributed by atoms with Crippen molar-refractivity contribution in [2.75, 3.05) is 18.5 Å². The maximum atomic E-state index is 13.3. The summed E-state index contributed by atoms with van der Waals surface area (Å²) in [5.41, 5.74) is 0.122. The van der Waals surface area contributed by atoms with Gasteiger partial charge in [0, 0.05) is 4.88 Å². The van der Waals surface area contributed by atoms with Crippen LogP contribution < -0.4 is 10.6 Å². The molecule has 208 valence electrons. The molecule has 1 saturated heterocycles. The quantitative estimate of drug-likeness (QED) is 0.392. The van der Waals surface area contributed by atoms with Crippen molar-refractivity contribution in [1.29, 1.82) is 0 Å². The molecule has 1 saturated carbocycles. The fourth-order valence-corrected chi connectivity index (χ4v) is 7.63. The predicted octanol–water partition coefficient (Wildman–Crippen LogP) is 3.81. The van der Waals surface area contributed by atoms with E-state index in [1.165, 1.54) is 18.3 Å². The van der Waals surface area contributed by atoms with Gasteiger partial charge in [0.15, 0.2) is 6.10 Å². The molecule has 1 aliphatic heterocycles. The fourth-order valence-electron chi connectivity index (χ4n) is 6.35. The molecule has 1 spiro atoms. The van der Waals surface area contributed by atoms with E-state index in [1.54, 1.807) is 6.92 Å². The fraction of sp³-hybridized carbons (Fsp3) is 0.667. The topological polar surface area (TPSA) is 131 Å². The molecule has 2 heterocycles. The van der Waals surface area contributed by atoms with Crippen LogP contribution >= 0.6 is 11.3 Å². The zero-order chi connectivity index (χ0) is 27.8. The molecule has 4 rings (SSSR count). The van der Waals surface area contributed by atoms with Crippen LogP contribution in [0.4, 0.5) is 9.80 Å². The van der Waals surface area contributed by atoms with E-state index in [9.17, 15) is 24.0 Å². The molecule has 0 aromatic carbocycles. The second-order valence-corrected chi connectivity index (χ2v) is 12.6. The summed E-state index contributed by atoms with van der Waals surface area (Å²) in [6.07, 6.45) is 4.28. The van der Waals surface area contributed by atoms with Crippen molar-refractivity contribution >= 4 is 46.1 Å². The summed E-state index contributed by atoms with van der Waals surface area (Å²) in [7, 11) is 0. The van der Waals surface area contributed by atoms with Crippen molar-refractivity contribution in [3.8, 4) is 0 Å². The van der Waals surface area contributed by atoms with Crippen molar-refractivity contribution in [3.05, 3.63) is 16.0 Å². The van der Waals surface area contributed by atoms with E-state index in [4.69, 9.17) is 9.47 Å². The molecule has 2 aliphatic carbocycles. The number of fused-ring (bicyclic) bond motifs is 1. The summed E-state index contributed by atoms with van der Waals surface area (Å²) in [6.45, 7) is 8.95. The molecule has 4 amide bonds. The first-order valence-electron chi connectivity index (χ1n) is 13.3. The molecule has 0 unspecified atom stereocenters. The van der Waals surface area contributed by atoms with Crippen LogP contribution in [0.1, 0.15) is 87.5 Å². The lowest BCUT2D eigenvalue weighted by Gasteiger charge is -2.43. The van der Waals surface area contributed by atoms with Gasteiger partial charge in [-0.3, -0.25) is 19.3 Å². The smallest absolute Gasteiger partial charge is 0.341 e. The third kappa shape index (κ3) is 5.57. The second-order valence-electron chi connectivity index (χ2n) is 11.5. The van der Waals surface area contributed by atoms with Gasteiger partial charge in [-0.05, 0) is 75.7 Å². The SMILES string of the molecule is CCOC(=O)c1c(NC(=O)[C@@H](C)OC(=O)CN2C(=O)N[C@@]3(C[C@H](C)CC(C)(C)C3)C2=O)sc2c1CCCC2. The first-order chi connectivity index (χ1) is 17.9. The van der Waals surface area contributed by atoms with Gasteiger partial charge < -0.3 is 20.1 Å². The Labute approximate surface area is 226 Å². The lowest BCUT2D eigenvalue weighted by molar-refractivity contribution is -0.155. The maximum Gasteiger partial charge on any atom is 0.341 e. The Balaban J connectivity index is 1.40. The Hall–Kier alpha value is -2.95. The van der Waals surface area contributed by atoms with Crippen LogP contribution in [0, 0.1) is 11.3 Å². The summed E-state index contributed by atoms with van der Waals surface area (Å²) in [4.78, 5) is 66.2. The van der Waals surface area contributed by atoms with Crippen LogP contribution in [0.5, 0.6) is 0 Å². The third-order valence-corrected chi connectivity index (χ3v) is 8.68. The number of ether oxygens (including phenoxy) is 2. The number of esters is 2. The number of nitrogens with one attached hydrogen (secondary N) is 2. The Morgan fingerprint density at radius 3 is 2.58 bits per heavy atom. The Morgan fingerprint density at radius 1 is 1.18 bits per heavy atom. The van der Waals surface area contributed by atoms with E-state index in [-0.39, 0.29) is 17.9 Å². The van der Waals surface area contributed by atoms with Gasteiger partial charge in [-0.25, -0.2) is 9.59 Å². The molecule has 2 N–H and O–H groups in total. The molecule has 3 atom stereocenters. The number of hydrogen-bond acceptors (Lipinski definition) is 8. The molecule has 1 aromatic rings. The van der Waals surface area contributed by atoms with Gasteiger partial charge in [0.1, 0.15) is 17.1 Å². The number of rotatable bonds is 7. The summed E-state index contributed by atoms with van der Waals surface area (Å²) >= 11 is 1.34. The first-order valence-corrected chi connectivity index (χ1v) is 14.1. The minimum Gasteiger partial charge on any atom is -0.462 e. The van der Waals surface area contributed by atoms with Crippen LogP contribution in [0.2, 0.25) is 0 Å². The van der Waals surface area contributed by atoms with Crippen LogP contribution in [0.25, 0.3) is 0 Å². The minimum atomic E-state index is -1.21. The molecular formula is C27H37N3O7S. The van der Waals surface area contributed by atoms with Crippen LogP contribution in [-0.2, 0) is 36.7 Å². The van der Waals surface area contributed by atoms with E-state index >= 15 is 0 Å². The highest BCUT2D eigenvalue weighted by Crippen LogP contribution is 2.46. The zero-order valence-electron chi connectivity index (χ0n) is 22.7. The summed E-state index contributed by atoms with van der Waals surface area (Å²) < 4.78 is 10.5. The van der Waals surface area contributed by atoms with E-state index in [1.807, 2.05) is 0 Å². The lowest BCUT2D eigenvalue weighted by Crippen LogP contribution is -2.54. The molecule has 1 aromatic heterocycles. The van der Waals surface area contributed by atoms with Crippen molar-refractivity contribution in [1.82, 2.24) is 10.2 Å². The van der Waals surface area contributed by atoms with Gasteiger partial charge in [0.2, 0.25) is 0 Å². The molecule has 0 bridgehead atoms. The monoisotopic (exact) mass is 547 g/mol. The highest BCUT2D eigenvalue weighted by Gasteiger charge is 2.56. The zero-order valence-corrected chi connectivity index (χ0v) is 23.5. The number of carbonyl (C=O) groups is 5. The average Bonchev–Trinajstić information content (AvgIpc) is 3.27. The Bertz CT molecular complexity index is 1160. The Kier molecular flexibility index (Phi) is 7.88. The van der Waals surface area contributed by atoms with E-state index in [2.05, 4.69) is 31.4 Å². The average molecular weight is 548 g/mol. The largest absolute Gasteiger partial charge is 0.462 e. The minimum absolute atomic E-state index is 0.132. The molecule has 11 heteroatoms. The number of imide groups is 1. The van der Waals surface area contributed by atoms with Crippen molar-refractivity contribution in [2.45, 2.75) is 91.2 Å². The molecule has 3 aliphatic rings. The number of aryl methyl sites for hydroxylation is 1. The number of thiophene rings is 1. The molecule has 0 radical (unpaired) electrons. The van der Waals surface area contributed by atoms with Crippen LogP contribution in [-0.4, -0.2) is 59.5 Å². The summed E-state index contributed by atoms with van der Waals surface area (Å²) in [5, 5.41) is 5.94. The normalized spacial score (nSPS) is 25.0. The highest BCUT2D eigenvalue weighted by atomic mass is 32.1. The van der Waals surface area contributed by atoms with E-state index in [0.717, 1.165) is 47.4 Å². The number of carbonyl (C=O) groups excluding carboxylic acids is 5. The number of anilines is 1. The van der Waals surface area contributed by atoms with Crippen molar-refractivity contribution < 1.29 is 33.4 Å². The number of amides is 4. The summed E-state index contributed by atoms with van der Waals surface area (Å²) in [6, 6.07) is -0.628. The van der Waals surface area contributed by atoms with Gasteiger partial charge in [-0.2, -0.15) is 0 Å². The van der Waals surface area contributed by atoms with Crippen molar-refractivity contribution in [3.63, 3.8) is 0 Å². The van der Waals surface area contributed by atoms with Crippen LogP contribution in [0.3, 0.4) is 0 Å². The lowest BCUT2D eigenvalue weighted by atomic mass is 9.64. The first kappa shape index (κ1) is 28.1. The van der Waals surface area contributed by atoms with Crippen LogP contribution in [0.15, 0.2) is 0 Å². The maximum absolute atomic E-state index is 13.3. The van der Waals surface area contributed by atoms with Gasteiger partial charge in [0.05, 0.1) is 12.2 Å². The predicted molar refractivity (Wildman–Crippen MR) is 141 cm³/mol. The number of hydrogen-bond donors (Lipinski definition) is 2. The van der Waals surface area contributed by atoms with Gasteiger partial charge in [0.25, 0.3) is 11.8 Å². The Morgan fingerprint density at radius 2 is 1.89 bits per heavy atom. The number of nitrogens with zero attached hydrogens (tertiary/aromatic N) is 1. The molecule has 38 heavy (non-hydrogen) atoms. The van der Waals surface area contributed by atoms with E-state index < -0.39 is 48.0 Å². The second kappa shape index (κ2) is 10.7. The summed E-state index contributed by atoms with van der Waals surface area (Å²) in [5.74, 6) is -2.16. The van der Waals surface area contributed by atoms with Gasteiger partial charge in [-0.15, -0.1) is 11.3 Å². The third-order valence-electron chi connectivity index (χ3n) is 7.48. The van der Waals surface area contributed by atoms with E-state index in [0.29, 0.717) is 23.4 Å². The molecule has 2 fully saturated rings. The van der Waals surface area contributed by atoms with Gasteiger partial charge in [-0.1, -0.05) is 20.8 Å². The van der Waals surface area contributed by atoms with Gasteiger partial charge >= 0.3 is 18.0 Å². The number of urea groups is 1. The highest BCUT2D eigenvalue weighted by molar-refractivity contribution is 7.17.